The van der Waals surface area contributed by atoms with Gasteiger partial charge in [0.15, 0.2) is 0 Å². The van der Waals surface area contributed by atoms with Crippen molar-refractivity contribution in [1.82, 2.24) is 0 Å². The maximum atomic E-state index is 9.35. The minimum atomic E-state index is -0.0297. The third-order valence-corrected chi connectivity index (χ3v) is 3.42. The van der Waals surface area contributed by atoms with Crippen molar-refractivity contribution in [3.05, 3.63) is 52.5 Å². The Hall–Kier alpha value is -1.58. The largest absolute Gasteiger partial charge is 0.506 e. The molecule has 0 aliphatic rings. The molecule has 2 aromatic carbocycles. The second kappa shape index (κ2) is 7.43. The molecule has 0 aromatic heterocycles. The van der Waals surface area contributed by atoms with Crippen LogP contribution < -0.4 is 9.47 Å². The third-order valence-electron chi connectivity index (χ3n) is 2.86. The van der Waals surface area contributed by atoms with Gasteiger partial charge in [0.1, 0.15) is 17.2 Å². The van der Waals surface area contributed by atoms with Gasteiger partial charge in [0.2, 0.25) is 0 Å². The van der Waals surface area contributed by atoms with Crippen molar-refractivity contribution in [3.8, 4) is 17.2 Å². The second-order valence-electron chi connectivity index (χ2n) is 4.63. The molecule has 1 N–H and O–H groups in total. The highest BCUT2D eigenvalue weighted by atomic mass is 35.5. The van der Waals surface area contributed by atoms with Gasteiger partial charge >= 0.3 is 0 Å². The summed E-state index contributed by atoms with van der Waals surface area (Å²) in [5.41, 5.74) is 0. The molecular formula is C16H16Cl2O3. The van der Waals surface area contributed by atoms with E-state index in [-0.39, 0.29) is 16.9 Å². The Balaban J connectivity index is 1.77. The molecule has 21 heavy (non-hydrogen) atoms. The number of halogens is 2. The summed E-state index contributed by atoms with van der Waals surface area (Å²) in [7, 11) is 0. The van der Waals surface area contributed by atoms with Gasteiger partial charge in [-0.25, -0.2) is 0 Å². The lowest BCUT2D eigenvalue weighted by Crippen LogP contribution is -2.15. The van der Waals surface area contributed by atoms with Gasteiger partial charge in [-0.15, -0.1) is 0 Å². The first-order chi connectivity index (χ1) is 10.0. The lowest BCUT2D eigenvalue weighted by molar-refractivity contribution is 0.177. The fourth-order valence-electron chi connectivity index (χ4n) is 1.73. The Labute approximate surface area is 134 Å². The van der Waals surface area contributed by atoms with E-state index < -0.39 is 0 Å². The molecule has 0 amide bonds. The molecule has 0 bridgehead atoms. The van der Waals surface area contributed by atoms with E-state index in [0.29, 0.717) is 17.4 Å². The predicted molar refractivity (Wildman–Crippen MR) is 84.8 cm³/mol. The summed E-state index contributed by atoms with van der Waals surface area (Å²) >= 11 is 11.6. The van der Waals surface area contributed by atoms with E-state index >= 15 is 0 Å². The number of ether oxygens (including phenoxy) is 2. The van der Waals surface area contributed by atoms with E-state index in [0.717, 1.165) is 12.2 Å². The lowest BCUT2D eigenvalue weighted by Gasteiger charge is -2.15. The van der Waals surface area contributed by atoms with Crippen LogP contribution in [0.3, 0.4) is 0 Å². The Morgan fingerprint density at radius 3 is 2.38 bits per heavy atom. The molecule has 0 spiro atoms. The van der Waals surface area contributed by atoms with Crippen molar-refractivity contribution in [2.75, 3.05) is 6.61 Å². The number of phenols is 1. The van der Waals surface area contributed by atoms with Crippen LogP contribution >= 0.6 is 23.2 Å². The van der Waals surface area contributed by atoms with E-state index in [1.165, 1.54) is 6.07 Å². The molecule has 0 fully saturated rings. The third kappa shape index (κ3) is 5.03. The number of hydrogen-bond donors (Lipinski definition) is 1. The minimum Gasteiger partial charge on any atom is -0.506 e. The maximum absolute atomic E-state index is 9.35. The Morgan fingerprint density at radius 1 is 1.05 bits per heavy atom. The summed E-state index contributed by atoms with van der Waals surface area (Å²) < 4.78 is 11.3. The van der Waals surface area contributed by atoms with Gasteiger partial charge in [0.25, 0.3) is 0 Å². The summed E-state index contributed by atoms with van der Waals surface area (Å²) in [5, 5.41) is 10.3. The van der Waals surface area contributed by atoms with Gasteiger partial charge < -0.3 is 14.6 Å². The van der Waals surface area contributed by atoms with Gasteiger partial charge in [-0.1, -0.05) is 23.2 Å². The van der Waals surface area contributed by atoms with Crippen molar-refractivity contribution in [1.29, 1.82) is 0 Å². The standard InChI is InChI=1S/C16H16Cl2O3/c1-11(21-14-6-7-16(19)15(18)10-14)8-9-20-13-4-2-12(17)3-5-13/h2-7,10-11,19H,8-9H2,1H3. The lowest BCUT2D eigenvalue weighted by atomic mass is 10.3. The fourth-order valence-corrected chi connectivity index (χ4v) is 2.02. The first-order valence-electron chi connectivity index (χ1n) is 6.58. The molecule has 5 heteroatoms. The smallest absolute Gasteiger partial charge is 0.134 e. The summed E-state index contributed by atoms with van der Waals surface area (Å²) in [6.07, 6.45) is 0.694. The summed E-state index contributed by atoms with van der Waals surface area (Å²) in [6.45, 7) is 2.49. The monoisotopic (exact) mass is 326 g/mol. The van der Waals surface area contributed by atoms with Crippen LogP contribution in [0.15, 0.2) is 42.5 Å². The highest BCUT2D eigenvalue weighted by Crippen LogP contribution is 2.28. The number of phenolic OH excluding ortho intramolecular Hbond substituents is 1. The van der Waals surface area contributed by atoms with Crippen molar-refractivity contribution in [3.63, 3.8) is 0 Å². The molecule has 0 aliphatic heterocycles. The van der Waals surface area contributed by atoms with Crippen LogP contribution in [0.1, 0.15) is 13.3 Å². The first kappa shape index (κ1) is 15.8. The van der Waals surface area contributed by atoms with Gasteiger partial charge in [0.05, 0.1) is 17.7 Å². The van der Waals surface area contributed by atoms with Gasteiger partial charge in [-0.2, -0.15) is 0 Å². The quantitative estimate of drug-likeness (QED) is 0.817. The molecule has 0 heterocycles. The van der Waals surface area contributed by atoms with Crippen LogP contribution in [-0.4, -0.2) is 17.8 Å². The maximum Gasteiger partial charge on any atom is 0.134 e. The predicted octanol–water partition coefficient (Wildman–Crippen LogP) is 4.94. The molecule has 112 valence electrons. The van der Waals surface area contributed by atoms with Gasteiger partial charge in [-0.05, 0) is 43.3 Å². The summed E-state index contributed by atoms with van der Waals surface area (Å²) in [4.78, 5) is 0. The summed E-state index contributed by atoms with van der Waals surface area (Å²) in [5.74, 6) is 1.44. The van der Waals surface area contributed by atoms with E-state index in [1.807, 2.05) is 19.1 Å². The topological polar surface area (TPSA) is 38.7 Å². The van der Waals surface area contributed by atoms with Crippen LogP contribution in [0.25, 0.3) is 0 Å². The fraction of sp³-hybridized carbons (Fsp3) is 0.250. The minimum absolute atomic E-state index is 0.0297. The molecule has 3 nitrogen and oxygen atoms in total. The average molecular weight is 327 g/mol. The zero-order chi connectivity index (χ0) is 15.2. The molecule has 2 aromatic rings. The SMILES string of the molecule is CC(CCOc1ccc(Cl)cc1)Oc1ccc(O)c(Cl)c1. The zero-order valence-electron chi connectivity index (χ0n) is 11.6. The Morgan fingerprint density at radius 2 is 1.71 bits per heavy atom. The molecule has 0 saturated heterocycles. The number of benzene rings is 2. The van der Waals surface area contributed by atoms with Crippen LogP contribution in [-0.2, 0) is 0 Å². The molecule has 1 unspecified atom stereocenters. The Kier molecular flexibility index (Phi) is 5.59. The number of aromatic hydroxyl groups is 1. The van der Waals surface area contributed by atoms with Crippen LogP contribution in [0.5, 0.6) is 17.2 Å². The van der Waals surface area contributed by atoms with Gasteiger partial charge in [-0.3, -0.25) is 0 Å². The van der Waals surface area contributed by atoms with Crippen LogP contribution in [0.4, 0.5) is 0 Å². The van der Waals surface area contributed by atoms with E-state index in [1.54, 1.807) is 24.3 Å². The van der Waals surface area contributed by atoms with E-state index in [4.69, 9.17) is 32.7 Å². The number of rotatable bonds is 6. The van der Waals surface area contributed by atoms with Crippen LogP contribution in [0, 0.1) is 0 Å². The zero-order valence-corrected chi connectivity index (χ0v) is 13.1. The van der Waals surface area contributed by atoms with Gasteiger partial charge in [0, 0.05) is 17.5 Å². The molecule has 0 saturated carbocycles. The average Bonchev–Trinajstić information content (AvgIpc) is 2.45. The second-order valence-corrected chi connectivity index (χ2v) is 5.48. The molecule has 1 atom stereocenters. The highest BCUT2D eigenvalue weighted by molar-refractivity contribution is 6.32. The normalized spacial score (nSPS) is 12.0. The van der Waals surface area contributed by atoms with Crippen molar-refractivity contribution in [2.24, 2.45) is 0 Å². The van der Waals surface area contributed by atoms with Crippen molar-refractivity contribution >= 4 is 23.2 Å². The first-order valence-corrected chi connectivity index (χ1v) is 7.34. The number of hydrogen-bond acceptors (Lipinski definition) is 3. The molecule has 2 rings (SSSR count). The van der Waals surface area contributed by atoms with E-state index in [2.05, 4.69) is 0 Å². The molecule has 0 radical (unpaired) electrons. The highest BCUT2D eigenvalue weighted by Gasteiger charge is 2.07. The molecule has 0 aliphatic carbocycles. The molecular weight excluding hydrogens is 311 g/mol. The summed E-state index contributed by atoms with van der Waals surface area (Å²) in [6, 6.07) is 12.0. The van der Waals surface area contributed by atoms with Crippen molar-refractivity contribution in [2.45, 2.75) is 19.4 Å². The van der Waals surface area contributed by atoms with Crippen LogP contribution in [0.2, 0.25) is 10.0 Å². The van der Waals surface area contributed by atoms with E-state index in [9.17, 15) is 5.11 Å². The van der Waals surface area contributed by atoms with Crippen molar-refractivity contribution < 1.29 is 14.6 Å². The Bertz CT molecular complexity index is 585.